The molecule has 0 aromatic heterocycles. The van der Waals surface area contributed by atoms with Gasteiger partial charge in [-0.3, -0.25) is 10.1 Å². The minimum atomic E-state index is -0.718. The molecule has 0 fully saturated rings. The van der Waals surface area contributed by atoms with Gasteiger partial charge in [-0.15, -0.1) is 0 Å². The number of halogens is 1. The number of rotatable bonds is 6. The molecule has 0 spiro atoms. The standard InChI is InChI=1S/C16H14ClNO6/c1-22-12-5-3-10(4-6-12)9-24-14-8-11(16(19)23-2)7-13(15(14)17)18(20)21/h3-8H,9H2,1-2H3. The Bertz CT molecular complexity index is 760. The maximum Gasteiger partial charge on any atom is 0.338 e. The fraction of sp³-hybridized carbons (Fsp3) is 0.188. The Labute approximate surface area is 142 Å². The number of methoxy groups -OCH3 is 2. The summed E-state index contributed by atoms with van der Waals surface area (Å²) in [5, 5.41) is 10.9. The van der Waals surface area contributed by atoms with Crippen LogP contribution in [0.2, 0.25) is 5.02 Å². The molecule has 0 bridgehead atoms. The lowest BCUT2D eigenvalue weighted by atomic mass is 10.2. The summed E-state index contributed by atoms with van der Waals surface area (Å²) in [5.41, 5.74) is 0.362. The molecule has 0 saturated carbocycles. The molecular weight excluding hydrogens is 338 g/mol. The van der Waals surface area contributed by atoms with Crippen molar-refractivity contribution in [3.63, 3.8) is 0 Å². The zero-order valence-corrected chi connectivity index (χ0v) is 13.7. The fourth-order valence-corrected chi connectivity index (χ4v) is 2.17. The molecule has 0 aliphatic carbocycles. The van der Waals surface area contributed by atoms with Crippen LogP contribution in [0.1, 0.15) is 15.9 Å². The molecule has 0 saturated heterocycles. The third kappa shape index (κ3) is 3.94. The fourth-order valence-electron chi connectivity index (χ4n) is 1.94. The van der Waals surface area contributed by atoms with Crippen LogP contribution in [-0.4, -0.2) is 25.1 Å². The van der Waals surface area contributed by atoms with E-state index in [0.29, 0.717) is 5.75 Å². The van der Waals surface area contributed by atoms with Crippen molar-refractivity contribution in [2.24, 2.45) is 0 Å². The monoisotopic (exact) mass is 351 g/mol. The van der Waals surface area contributed by atoms with Crippen molar-refractivity contribution in [2.75, 3.05) is 14.2 Å². The second kappa shape index (κ2) is 7.65. The van der Waals surface area contributed by atoms with Gasteiger partial charge in [-0.25, -0.2) is 4.79 Å². The topological polar surface area (TPSA) is 87.9 Å². The molecule has 2 aromatic carbocycles. The number of ether oxygens (including phenoxy) is 3. The van der Waals surface area contributed by atoms with Crippen LogP contribution >= 0.6 is 11.6 Å². The minimum absolute atomic E-state index is 0.0154. The maximum atomic E-state index is 11.6. The molecule has 0 radical (unpaired) electrons. The van der Waals surface area contributed by atoms with Crippen LogP contribution in [-0.2, 0) is 11.3 Å². The molecule has 24 heavy (non-hydrogen) atoms. The molecule has 0 aliphatic rings. The first-order chi connectivity index (χ1) is 11.5. The number of esters is 1. The van der Waals surface area contributed by atoms with Gasteiger partial charge in [0.2, 0.25) is 0 Å². The first-order valence-corrected chi connectivity index (χ1v) is 7.16. The molecule has 0 unspecified atom stereocenters. The van der Waals surface area contributed by atoms with E-state index in [-0.39, 0.29) is 22.9 Å². The van der Waals surface area contributed by atoms with Crippen LogP contribution in [0, 0.1) is 10.1 Å². The van der Waals surface area contributed by atoms with E-state index in [1.165, 1.54) is 13.2 Å². The molecule has 2 aromatic rings. The highest BCUT2D eigenvalue weighted by molar-refractivity contribution is 6.34. The van der Waals surface area contributed by atoms with Crippen molar-refractivity contribution in [1.82, 2.24) is 0 Å². The van der Waals surface area contributed by atoms with Crippen molar-refractivity contribution < 1.29 is 23.9 Å². The molecule has 126 valence electrons. The highest BCUT2D eigenvalue weighted by Gasteiger charge is 2.22. The lowest BCUT2D eigenvalue weighted by Gasteiger charge is -2.10. The smallest absolute Gasteiger partial charge is 0.338 e. The van der Waals surface area contributed by atoms with Gasteiger partial charge in [0.25, 0.3) is 5.69 Å². The van der Waals surface area contributed by atoms with Crippen LogP contribution in [0.15, 0.2) is 36.4 Å². The van der Waals surface area contributed by atoms with Gasteiger partial charge < -0.3 is 14.2 Å². The van der Waals surface area contributed by atoms with Crippen molar-refractivity contribution in [1.29, 1.82) is 0 Å². The first-order valence-electron chi connectivity index (χ1n) is 6.78. The number of nitro groups is 1. The second-order valence-corrected chi connectivity index (χ2v) is 5.07. The molecule has 0 amide bonds. The minimum Gasteiger partial charge on any atom is -0.497 e. The number of nitrogens with zero attached hydrogens (tertiary/aromatic N) is 1. The van der Waals surface area contributed by atoms with Gasteiger partial charge in [-0.05, 0) is 23.8 Å². The van der Waals surface area contributed by atoms with Gasteiger partial charge in [0.15, 0.2) is 5.02 Å². The van der Waals surface area contributed by atoms with Crippen molar-refractivity contribution >= 4 is 23.3 Å². The summed E-state index contributed by atoms with van der Waals surface area (Å²) in [6.45, 7) is 0.117. The molecule has 0 heterocycles. The van der Waals surface area contributed by atoms with E-state index in [2.05, 4.69) is 4.74 Å². The van der Waals surface area contributed by atoms with E-state index in [4.69, 9.17) is 21.1 Å². The van der Waals surface area contributed by atoms with Crippen LogP contribution in [0.3, 0.4) is 0 Å². The molecule has 0 N–H and O–H groups in total. The van der Waals surface area contributed by atoms with E-state index in [1.54, 1.807) is 31.4 Å². The molecule has 0 aliphatic heterocycles. The Morgan fingerprint density at radius 2 is 1.88 bits per heavy atom. The SMILES string of the molecule is COC(=O)c1cc(OCc2ccc(OC)cc2)c(Cl)c([N+](=O)[O-])c1. The lowest BCUT2D eigenvalue weighted by Crippen LogP contribution is -2.05. The molecule has 2 rings (SSSR count). The van der Waals surface area contributed by atoms with Crippen molar-refractivity contribution in [3.05, 3.63) is 62.7 Å². The van der Waals surface area contributed by atoms with Gasteiger partial charge in [0.1, 0.15) is 18.1 Å². The Morgan fingerprint density at radius 1 is 1.21 bits per heavy atom. The molecule has 7 nitrogen and oxygen atoms in total. The first kappa shape index (κ1) is 17.6. The Hall–Kier alpha value is -2.80. The van der Waals surface area contributed by atoms with E-state index in [1.807, 2.05) is 0 Å². The highest BCUT2D eigenvalue weighted by Crippen LogP contribution is 2.36. The third-order valence-corrected chi connectivity index (χ3v) is 3.57. The predicted octanol–water partition coefficient (Wildman–Crippen LogP) is 3.62. The van der Waals surface area contributed by atoms with Gasteiger partial charge in [-0.2, -0.15) is 0 Å². The van der Waals surface area contributed by atoms with E-state index < -0.39 is 16.6 Å². The Morgan fingerprint density at radius 3 is 2.42 bits per heavy atom. The molecule has 8 heteroatoms. The summed E-state index contributed by atoms with van der Waals surface area (Å²) < 4.78 is 15.2. The summed E-state index contributed by atoms with van der Waals surface area (Å²) >= 11 is 6.00. The van der Waals surface area contributed by atoms with E-state index in [9.17, 15) is 14.9 Å². The summed E-state index contributed by atoms with van der Waals surface area (Å²) in [7, 11) is 2.74. The largest absolute Gasteiger partial charge is 0.497 e. The van der Waals surface area contributed by atoms with Gasteiger partial charge in [0.05, 0.1) is 24.7 Å². The van der Waals surface area contributed by atoms with Crippen molar-refractivity contribution in [2.45, 2.75) is 6.61 Å². The number of hydrogen-bond acceptors (Lipinski definition) is 6. The zero-order chi connectivity index (χ0) is 17.7. The number of nitro benzene ring substituents is 1. The third-order valence-electron chi connectivity index (χ3n) is 3.19. The summed E-state index contributed by atoms with van der Waals surface area (Å²) in [6, 6.07) is 9.44. The normalized spacial score (nSPS) is 10.1. The number of carbonyl (C=O) groups excluding carboxylic acids is 1. The average Bonchev–Trinajstić information content (AvgIpc) is 2.60. The van der Waals surface area contributed by atoms with E-state index >= 15 is 0 Å². The maximum absolute atomic E-state index is 11.6. The quantitative estimate of drug-likeness (QED) is 0.448. The molecular formula is C16H14ClNO6. The van der Waals surface area contributed by atoms with Gasteiger partial charge in [0, 0.05) is 6.07 Å². The zero-order valence-electron chi connectivity index (χ0n) is 12.9. The molecule has 0 atom stereocenters. The Balaban J connectivity index is 2.28. The average molecular weight is 352 g/mol. The van der Waals surface area contributed by atoms with Gasteiger partial charge in [-0.1, -0.05) is 23.7 Å². The van der Waals surface area contributed by atoms with Crippen LogP contribution in [0.5, 0.6) is 11.5 Å². The highest BCUT2D eigenvalue weighted by atomic mass is 35.5. The summed E-state index contributed by atoms with van der Waals surface area (Å²) in [4.78, 5) is 22.0. The van der Waals surface area contributed by atoms with E-state index in [0.717, 1.165) is 11.6 Å². The van der Waals surface area contributed by atoms with Crippen LogP contribution in [0.4, 0.5) is 5.69 Å². The Kier molecular flexibility index (Phi) is 5.59. The summed E-state index contributed by atoms with van der Waals surface area (Å²) in [5.74, 6) is 0.00579. The number of hydrogen-bond donors (Lipinski definition) is 0. The van der Waals surface area contributed by atoms with Crippen LogP contribution in [0.25, 0.3) is 0 Å². The summed E-state index contributed by atoms with van der Waals surface area (Å²) in [6.07, 6.45) is 0. The number of benzene rings is 2. The number of carbonyl (C=O) groups is 1. The lowest BCUT2D eigenvalue weighted by molar-refractivity contribution is -0.384. The second-order valence-electron chi connectivity index (χ2n) is 4.69. The van der Waals surface area contributed by atoms with Gasteiger partial charge >= 0.3 is 5.97 Å². The predicted molar refractivity (Wildman–Crippen MR) is 86.8 cm³/mol. The van der Waals surface area contributed by atoms with Crippen LogP contribution < -0.4 is 9.47 Å². The van der Waals surface area contributed by atoms with Crippen molar-refractivity contribution in [3.8, 4) is 11.5 Å².